The van der Waals surface area contributed by atoms with Crippen LogP contribution < -0.4 is 19.5 Å². The zero-order valence-corrected chi connectivity index (χ0v) is 24.5. The van der Waals surface area contributed by atoms with E-state index in [4.69, 9.17) is 19.2 Å². The number of methoxy groups -OCH3 is 3. The van der Waals surface area contributed by atoms with Gasteiger partial charge in [0, 0.05) is 23.4 Å². The molecule has 0 saturated carbocycles. The average molecular weight is 576 g/mol. The van der Waals surface area contributed by atoms with Gasteiger partial charge in [0.05, 0.1) is 37.3 Å². The molecule has 0 aliphatic rings. The Kier molecular flexibility index (Phi) is 8.22. The fourth-order valence-electron chi connectivity index (χ4n) is 4.28. The first-order valence-corrected chi connectivity index (χ1v) is 14.4. The molecule has 0 bridgehead atoms. The molecule has 0 unspecified atom stereocenters. The second-order valence-corrected chi connectivity index (χ2v) is 10.8. The zero-order valence-electron chi connectivity index (χ0n) is 22.8. The Labute approximate surface area is 240 Å². The van der Waals surface area contributed by atoms with E-state index in [1.165, 1.54) is 17.3 Å². The number of carbonyl (C=O) groups is 1. The summed E-state index contributed by atoms with van der Waals surface area (Å²) in [5, 5.41) is 13.3. The first kappa shape index (κ1) is 27.5. The van der Waals surface area contributed by atoms with E-state index in [0.717, 1.165) is 32.0 Å². The van der Waals surface area contributed by atoms with Crippen molar-refractivity contribution in [2.24, 2.45) is 0 Å². The molecule has 11 heteroatoms. The lowest BCUT2D eigenvalue weighted by Crippen LogP contribution is -2.14. The third-order valence-electron chi connectivity index (χ3n) is 6.25. The summed E-state index contributed by atoms with van der Waals surface area (Å²) in [5.74, 6) is 2.26. The van der Waals surface area contributed by atoms with Crippen LogP contribution in [-0.2, 0) is 11.3 Å². The van der Waals surface area contributed by atoms with E-state index in [9.17, 15) is 4.79 Å². The maximum Gasteiger partial charge on any atom is 0.234 e. The molecule has 40 heavy (non-hydrogen) atoms. The van der Waals surface area contributed by atoms with Gasteiger partial charge < -0.3 is 24.1 Å². The number of nitrogens with one attached hydrogen (secondary N) is 1. The first-order valence-electron chi connectivity index (χ1n) is 12.6. The smallest absolute Gasteiger partial charge is 0.234 e. The van der Waals surface area contributed by atoms with Crippen LogP contribution in [0.3, 0.4) is 0 Å². The molecule has 0 atom stereocenters. The Hall–Kier alpha value is -4.09. The van der Waals surface area contributed by atoms with Gasteiger partial charge in [-0.1, -0.05) is 17.8 Å². The number of aromatic nitrogens is 4. The third kappa shape index (κ3) is 5.61. The second kappa shape index (κ2) is 12.0. The van der Waals surface area contributed by atoms with Crippen molar-refractivity contribution in [2.75, 3.05) is 32.4 Å². The summed E-state index contributed by atoms with van der Waals surface area (Å²) in [6.07, 6.45) is 0. The van der Waals surface area contributed by atoms with Crippen molar-refractivity contribution in [2.45, 2.75) is 25.5 Å². The molecule has 0 fully saturated rings. The molecule has 3 aromatic carbocycles. The van der Waals surface area contributed by atoms with E-state index < -0.39 is 0 Å². The molecule has 5 aromatic rings. The molecular weight excluding hydrogens is 546 g/mol. The number of fused-ring (bicyclic) bond motifs is 1. The van der Waals surface area contributed by atoms with E-state index in [2.05, 4.69) is 34.6 Å². The maximum atomic E-state index is 12.8. The molecule has 0 radical (unpaired) electrons. The summed E-state index contributed by atoms with van der Waals surface area (Å²) in [6.45, 7) is 4.70. The predicted molar refractivity (Wildman–Crippen MR) is 160 cm³/mol. The van der Waals surface area contributed by atoms with Crippen LogP contribution in [0, 0.1) is 6.92 Å². The molecule has 9 nitrogen and oxygen atoms in total. The van der Waals surface area contributed by atoms with E-state index >= 15 is 0 Å². The van der Waals surface area contributed by atoms with Crippen LogP contribution >= 0.6 is 23.1 Å². The molecule has 1 amide bonds. The Bertz CT molecular complexity index is 1640. The van der Waals surface area contributed by atoms with Crippen LogP contribution in [0.1, 0.15) is 12.5 Å². The van der Waals surface area contributed by atoms with Gasteiger partial charge in [-0.25, -0.2) is 4.98 Å². The lowest BCUT2D eigenvalue weighted by Gasteiger charge is -2.14. The summed E-state index contributed by atoms with van der Waals surface area (Å²) in [7, 11) is 4.70. The zero-order chi connectivity index (χ0) is 28.2. The molecule has 0 spiro atoms. The second-order valence-electron chi connectivity index (χ2n) is 8.87. The number of thioether (sulfide) groups is 1. The van der Waals surface area contributed by atoms with Gasteiger partial charge in [-0.15, -0.1) is 21.5 Å². The Balaban J connectivity index is 1.26. The fourth-order valence-corrected chi connectivity index (χ4v) is 6.15. The SMILES string of the molecule is CCn1c(SCC(=O)Nc2ccc(-c3nc4ccc(C)cc4s3)cc2)nnc1-c1cc(OC)c(OC)c(OC)c1. The molecule has 2 heterocycles. The van der Waals surface area contributed by atoms with Crippen LogP contribution in [0.4, 0.5) is 5.69 Å². The van der Waals surface area contributed by atoms with Crippen LogP contribution in [0.25, 0.3) is 32.2 Å². The van der Waals surface area contributed by atoms with E-state index in [0.29, 0.717) is 34.8 Å². The molecule has 206 valence electrons. The fraction of sp³-hybridized carbons (Fsp3) is 0.241. The summed E-state index contributed by atoms with van der Waals surface area (Å²) in [6, 6.07) is 17.7. The molecule has 1 N–H and O–H groups in total. The number of ether oxygens (including phenoxy) is 3. The highest BCUT2D eigenvalue weighted by Gasteiger charge is 2.20. The maximum absolute atomic E-state index is 12.8. The largest absolute Gasteiger partial charge is 0.493 e. The van der Waals surface area contributed by atoms with E-state index in [1.807, 2.05) is 54.0 Å². The number of aryl methyl sites for hydroxylation is 1. The number of anilines is 1. The van der Waals surface area contributed by atoms with Gasteiger partial charge in [-0.3, -0.25) is 4.79 Å². The van der Waals surface area contributed by atoms with Crippen molar-refractivity contribution >= 4 is 44.9 Å². The van der Waals surface area contributed by atoms with Crippen molar-refractivity contribution in [3.8, 4) is 39.2 Å². The number of hydrogen-bond donors (Lipinski definition) is 1. The minimum absolute atomic E-state index is 0.131. The topological polar surface area (TPSA) is 100 Å². The minimum atomic E-state index is -0.131. The normalized spacial score (nSPS) is 11.0. The average Bonchev–Trinajstić information content (AvgIpc) is 3.59. The molecule has 0 saturated heterocycles. The highest BCUT2D eigenvalue weighted by Crippen LogP contribution is 2.41. The highest BCUT2D eigenvalue weighted by molar-refractivity contribution is 7.99. The number of carbonyl (C=O) groups excluding carboxylic acids is 1. The summed E-state index contributed by atoms with van der Waals surface area (Å²) >= 11 is 2.99. The van der Waals surface area contributed by atoms with Crippen molar-refractivity contribution in [3.05, 3.63) is 60.2 Å². The summed E-state index contributed by atoms with van der Waals surface area (Å²) in [5.41, 5.74) is 4.72. The standard InChI is InChI=1S/C29H29N5O4S2/c1-6-34-27(19-14-22(36-3)26(38-5)23(15-19)37-4)32-33-29(34)39-16-25(35)30-20-10-8-18(9-11-20)28-31-21-12-7-17(2)13-24(21)40-28/h7-15H,6,16H2,1-5H3,(H,30,35). The monoisotopic (exact) mass is 575 g/mol. The molecule has 0 aliphatic heterocycles. The Morgan fingerprint density at radius 2 is 1.68 bits per heavy atom. The van der Waals surface area contributed by atoms with Gasteiger partial charge >= 0.3 is 0 Å². The number of thiazole rings is 1. The molecule has 2 aromatic heterocycles. The van der Waals surface area contributed by atoms with Crippen molar-refractivity contribution in [1.82, 2.24) is 19.7 Å². The quantitative estimate of drug-likeness (QED) is 0.194. The highest BCUT2D eigenvalue weighted by atomic mass is 32.2. The van der Waals surface area contributed by atoms with Gasteiger partial charge in [0.2, 0.25) is 11.7 Å². The predicted octanol–water partition coefficient (Wildman–Crippen LogP) is 6.31. The number of hydrogen-bond acceptors (Lipinski definition) is 9. The van der Waals surface area contributed by atoms with Gasteiger partial charge in [0.25, 0.3) is 0 Å². The van der Waals surface area contributed by atoms with Crippen molar-refractivity contribution in [3.63, 3.8) is 0 Å². The van der Waals surface area contributed by atoms with Crippen molar-refractivity contribution in [1.29, 1.82) is 0 Å². The van der Waals surface area contributed by atoms with Gasteiger partial charge in [0.15, 0.2) is 22.5 Å². The molecule has 5 rings (SSSR count). The summed E-state index contributed by atoms with van der Waals surface area (Å²) < 4.78 is 19.5. The number of benzene rings is 3. The van der Waals surface area contributed by atoms with Gasteiger partial charge in [-0.2, -0.15) is 0 Å². The van der Waals surface area contributed by atoms with Crippen LogP contribution in [-0.4, -0.2) is 52.7 Å². The number of amides is 1. The Morgan fingerprint density at radius 1 is 0.950 bits per heavy atom. The summed E-state index contributed by atoms with van der Waals surface area (Å²) in [4.78, 5) is 17.5. The van der Waals surface area contributed by atoms with Crippen molar-refractivity contribution < 1.29 is 19.0 Å². The lowest BCUT2D eigenvalue weighted by atomic mass is 10.1. The molecular formula is C29H29N5O4S2. The minimum Gasteiger partial charge on any atom is -0.493 e. The third-order valence-corrected chi connectivity index (χ3v) is 8.28. The first-order chi connectivity index (χ1) is 19.4. The molecule has 0 aliphatic carbocycles. The Morgan fingerprint density at radius 3 is 2.33 bits per heavy atom. The van der Waals surface area contributed by atoms with Crippen LogP contribution in [0.2, 0.25) is 0 Å². The number of rotatable bonds is 10. The van der Waals surface area contributed by atoms with Gasteiger partial charge in [0.1, 0.15) is 5.01 Å². The lowest BCUT2D eigenvalue weighted by molar-refractivity contribution is -0.113. The van der Waals surface area contributed by atoms with Crippen LogP contribution in [0.5, 0.6) is 17.2 Å². The van der Waals surface area contributed by atoms with E-state index in [-0.39, 0.29) is 11.7 Å². The van der Waals surface area contributed by atoms with E-state index in [1.54, 1.807) is 32.7 Å². The van der Waals surface area contributed by atoms with Gasteiger partial charge in [-0.05, 0) is 67.9 Å². The number of nitrogens with zero attached hydrogens (tertiary/aromatic N) is 4. The van der Waals surface area contributed by atoms with Crippen LogP contribution in [0.15, 0.2) is 59.8 Å².